The summed E-state index contributed by atoms with van der Waals surface area (Å²) in [5.41, 5.74) is 8.96. The molecule has 4 heteroatoms. The molecule has 2 heterocycles. The van der Waals surface area contributed by atoms with E-state index in [4.69, 9.17) is 5.73 Å². The molecule has 0 spiro atoms. The zero-order valence-corrected chi connectivity index (χ0v) is 11.6. The largest absolute Gasteiger partial charge is 0.368 e. The number of amides is 1. The summed E-state index contributed by atoms with van der Waals surface area (Å²) in [4.78, 5) is 14.2. The molecule has 1 saturated heterocycles. The van der Waals surface area contributed by atoms with Crippen LogP contribution in [0.25, 0.3) is 0 Å². The van der Waals surface area contributed by atoms with Crippen LogP contribution >= 0.6 is 0 Å². The van der Waals surface area contributed by atoms with Crippen LogP contribution in [0.5, 0.6) is 0 Å². The summed E-state index contributed by atoms with van der Waals surface area (Å²) in [6.07, 6.45) is 6.72. The summed E-state index contributed by atoms with van der Waals surface area (Å²) in [6, 6.07) is 6.47. The van der Waals surface area contributed by atoms with Gasteiger partial charge in [0.1, 0.15) is 6.04 Å². The first kappa shape index (κ1) is 12.2. The minimum Gasteiger partial charge on any atom is -0.368 e. The number of benzene rings is 1. The van der Waals surface area contributed by atoms with Gasteiger partial charge in [0, 0.05) is 29.5 Å². The first-order chi connectivity index (χ1) is 9.74. The SMILES string of the molecule is NC1C(=O)Nc2cc(N3CCCC4CCCC43)ccc21. The Morgan fingerprint density at radius 2 is 2.05 bits per heavy atom. The monoisotopic (exact) mass is 271 g/mol. The number of nitrogens with zero attached hydrogens (tertiary/aromatic N) is 1. The van der Waals surface area contributed by atoms with Crippen LogP contribution in [0.15, 0.2) is 18.2 Å². The number of hydrogen-bond donors (Lipinski definition) is 2. The summed E-state index contributed by atoms with van der Waals surface area (Å²) in [5.74, 6) is 0.781. The Morgan fingerprint density at radius 1 is 1.20 bits per heavy atom. The van der Waals surface area contributed by atoms with Gasteiger partial charge in [0.15, 0.2) is 0 Å². The lowest BCUT2D eigenvalue weighted by Gasteiger charge is -2.39. The third-order valence-electron chi connectivity index (χ3n) is 5.24. The Morgan fingerprint density at radius 3 is 2.95 bits per heavy atom. The molecule has 20 heavy (non-hydrogen) atoms. The zero-order chi connectivity index (χ0) is 13.7. The minimum absolute atomic E-state index is 0.0884. The van der Waals surface area contributed by atoms with E-state index in [2.05, 4.69) is 22.3 Å². The molecule has 1 aromatic carbocycles. The Bertz CT molecular complexity index is 557. The van der Waals surface area contributed by atoms with Gasteiger partial charge in [-0.1, -0.05) is 12.5 Å². The van der Waals surface area contributed by atoms with Crippen molar-refractivity contribution in [2.45, 2.75) is 44.2 Å². The van der Waals surface area contributed by atoms with E-state index in [1.807, 2.05) is 6.07 Å². The summed E-state index contributed by atoms with van der Waals surface area (Å²) >= 11 is 0. The number of carbonyl (C=O) groups is 1. The molecule has 106 valence electrons. The highest BCUT2D eigenvalue weighted by molar-refractivity contribution is 6.03. The van der Waals surface area contributed by atoms with Crippen molar-refractivity contribution in [3.63, 3.8) is 0 Å². The molecule has 0 aromatic heterocycles. The number of piperidine rings is 1. The van der Waals surface area contributed by atoms with Gasteiger partial charge in [0.2, 0.25) is 5.91 Å². The second kappa shape index (κ2) is 4.48. The van der Waals surface area contributed by atoms with Crippen LogP contribution < -0.4 is 16.0 Å². The second-order valence-electron chi connectivity index (χ2n) is 6.33. The molecule has 1 amide bonds. The smallest absolute Gasteiger partial charge is 0.245 e. The molecule has 4 nitrogen and oxygen atoms in total. The lowest BCUT2D eigenvalue weighted by Crippen LogP contribution is -2.42. The second-order valence-corrected chi connectivity index (χ2v) is 6.33. The van der Waals surface area contributed by atoms with Crippen molar-refractivity contribution in [1.82, 2.24) is 0 Å². The van der Waals surface area contributed by atoms with E-state index in [0.29, 0.717) is 6.04 Å². The van der Waals surface area contributed by atoms with Crippen LogP contribution in [0, 0.1) is 5.92 Å². The van der Waals surface area contributed by atoms with Gasteiger partial charge < -0.3 is 16.0 Å². The normalized spacial score (nSPS) is 31.9. The Hall–Kier alpha value is -1.55. The molecule has 4 rings (SSSR count). The van der Waals surface area contributed by atoms with Crippen LogP contribution in [-0.4, -0.2) is 18.5 Å². The Kier molecular flexibility index (Phi) is 2.74. The van der Waals surface area contributed by atoms with Gasteiger partial charge in [-0.25, -0.2) is 0 Å². The number of hydrogen-bond acceptors (Lipinski definition) is 3. The summed E-state index contributed by atoms with van der Waals surface area (Å²) in [7, 11) is 0. The van der Waals surface area contributed by atoms with Crippen molar-refractivity contribution >= 4 is 17.3 Å². The molecule has 1 aliphatic carbocycles. The highest BCUT2D eigenvalue weighted by Gasteiger charge is 2.36. The van der Waals surface area contributed by atoms with Crippen molar-refractivity contribution in [3.05, 3.63) is 23.8 Å². The third kappa shape index (κ3) is 1.74. The highest BCUT2D eigenvalue weighted by Crippen LogP contribution is 2.41. The molecule has 1 aromatic rings. The van der Waals surface area contributed by atoms with Gasteiger partial charge in [-0.3, -0.25) is 4.79 Å². The maximum Gasteiger partial charge on any atom is 0.245 e. The van der Waals surface area contributed by atoms with Crippen molar-refractivity contribution in [2.24, 2.45) is 11.7 Å². The Balaban J connectivity index is 1.66. The van der Waals surface area contributed by atoms with Gasteiger partial charge in [-0.2, -0.15) is 0 Å². The van der Waals surface area contributed by atoms with E-state index in [9.17, 15) is 4.79 Å². The maximum atomic E-state index is 11.7. The fraction of sp³-hybridized carbons (Fsp3) is 0.562. The third-order valence-corrected chi connectivity index (χ3v) is 5.24. The van der Waals surface area contributed by atoms with Crippen LogP contribution in [0.3, 0.4) is 0 Å². The van der Waals surface area contributed by atoms with Gasteiger partial charge in [0.25, 0.3) is 0 Å². The van der Waals surface area contributed by atoms with E-state index < -0.39 is 6.04 Å². The lowest BCUT2D eigenvalue weighted by molar-refractivity contribution is -0.116. The van der Waals surface area contributed by atoms with Crippen LogP contribution in [-0.2, 0) is 4.79 Å². The quantitative estimate of drug-likeness (QED) is 0.824. The van der Waals surface area contributed by atoms with Crippen LogP contribution in [0.1, 0.15) is 43.7 Å². The maximum absolute atomic E-state index is 11.7. The van der Waals surface area contributed by atoms with Gasteiger partial charge in [0.05, 0.1) is 0 Å². The van der Waals surface area contributed by atoms with Crippen LogP contribution in [0.4, 0.5) is 11.4 Å². The summed E-state index contributed by atoms with van der Waals surface area (Å²) < 4.78 is 0. The molecular weight excluding hydrogens is 250 g/mol. The topological polar surface area (TPSA) is 58.4 Å². The molecular formula is C16H21N3O. The number of nitrogens with one attached hydrogen (secondary N) is 1. The number of carbonyl (C=O) groups excluding carboxylic acids is 1. The highest BCUT2D eigenvalue weighted by atomic mass is 16.2. The number of nitrogens with two attached hydrogens (primary N) is 1. The molecule has 3 atom stereocenters. The fourth-order valence-electron chi connectivity index (χ4n) is 4.23. The van der Waals surface area contributed by atoms with Crippen molar-refractivity contribution in [1.29, 1.82) is 0 Å². The van der Waals surface area contributed by atoms with Gasteiger partial charge in [-0.15, -0.1) is 0 Å². The molecule has 3 aliphatic rings. The van der Waals surface area contributed by atoms with Crippen molar-refractivity contribution in [3.8, 4) is 0 Å². The minimum atomic E-state index is -0.500. The molecule has 3 N–H and O–H groups in total. The fourth-order valence-corrected chi connectivity index (χ4v) is 4.23. The van der Waals surface area contributed by atoms with Gasteiger partial charge >= 0.3 is 0 Å². The zero-order valence-electron chi connectivity index (χ0n) is 11.6. The van der Waals surface area contributed by atoms with E-state index in [1.165, 1.54) is 37.8 Å². The van der Waals surface area contributed by atoms with E-state index in [1.54, 1.807) is 0 Å². The molecule has 0 bridgehead atoms. The van der Waals surface area contributed by atoms with Gasteiger partial charge in [-0.05, 0) is 43.7 Å². The van der Waals surface area contributed by atoms with Crippen LogP contribution in [0.2, 0.25) is 0 Å². The lowest BCUT2D eigenvalue weighted by atomic mass is 9.91. The van der Waals surface area contributed by atoms with Crippen molar-refractivity contribution < 1.29 is 4.79 Å². The average Bonchev–Trinajstić information content (AvgIpc) is 3.04. The first-order valence-corrected chi connectivity index (χ1v) is 7.71. The molecule has 1 saturated carbocycles. The van der Waals surface area contributed by atoms with Crippen molar-refractivity contribution in [2.75, 3.05) is 16.8 Å². The average molecular weight is 271 g/mol. The van der Waals surface area contributed by atoms with E-state index in [-0.39, 0.29) is 5.91 Å². The summed E-state index contributed by atoms with van der Waals surface area (Å²) in [6.45, 7) is 1.14. The van der Waals surface area contributed by atoms with E-state index >= 15 is 0 Å². The predicted molar refractivity (Wildman–Crippen MR) is 79.7 cm³/mol. The standard InChI is InChI=1S/C16H21N3O/c17-15-12-7-6-11(9-13(12)18-16(15)20)19-8-2-4-10-3-1-5-14(10)19/h6-7,9-10,14-15H,1-5,8,17H2,(H,18,20). The summed E-state index contributed by atoms with van der Waals surface area (Å²) in [5, 5.41) is 2.90. The number of fused-ring (bicyclic) bond motifs is 2. The predicted octanol–water partition coefficient (Wildman–Crippen LogP) is 2.41. The first-order valence-electron chi connectivity index (χ1n) is 7.71. The Labute approximate surface area is 119 Å². The molecule has 2 fully saturated rings. The molecule has 2 aliphatic heterocycles. The molecule has 0 radical (unpaired) electrons. The molecule has 3 unspecified atom stereocenters. The number of anilines is 2. The van der Waals surface area contributed by atoms with E-state index in [0.717, 1.165) is 23.7 Å². The number of rotatable bonds is 1.